The molecule has 1 saturated carbocycles. The third kappa shape index (κ3) is 1.85. The van der Waals surface area contributed by atoms with Gasteiger partial charge >= 0.3 is 0 Å². The molecule has 0 amide bonds. The van der Waals surface area contributed by atoms with Crippen molar-refractivity contribution < 1.29 is 0 Å². The van der Waals surface area contributed by atoms with Crippen molar-refractivity contribution in [2.24, 2.45) is 17.3 Å². The SMILES string of the molecule is C=C1CC(C)(C)CC(C)C1C. The minimum Gasteiger partial charge on any atom is -0.0996 e. The Bertz CT molecular complexity index is 165. The fourth-order valence-corrected chi connectivity index (χ4v) is 2.30. The fourth-order valence-electron chi connectivity index (χ4n) is 2.30. The third-order valence-electron chi connectivity index (χ3n) is 3.08. The first-order chi connectivity index (χ1) is 4.92. The Morgan fingerprint density at radius 1 is 1.36 bits per heavy atom. The summed E-state index contributed by atoms with van der Waals surface area (Å²) >= 11 is 0. The second-order valence-electron chi connectivity index (χ2n) is 4.97. The predicted molar refractivity (Wildman–Crippen MR) is 50.5 cm³/mol. The van der Waals surface area contributed by atoms with Gasteiger partial charge in [-0.25, -0.2) is 0 Å². The average molecular weight is 152 g/mol. The topological polar surface area (TPSA) is 0 Å². The molecule has 0 nitrogen and oxygen atoms in total. The Morgan fingerprint density at radius 3 is 2.36 bits per heavy atom. The van der Waals surface area contributed by atoms with Gasteiger partial charge in [0, 0.05) is 0 Å². The van der Waals surface area contributed by atoms with Crippen LogP contribution in [0.4, 0.5) is 0 Å². The highest BCUT2D eigenvalue weighted by molar-refractivity contribution is 5.08. The monoisotopic (exact) mass is 152 g/mol. The van der Waals surface area contributed by atoms with Crippen molar-refractivity contribution in [3.8, 4) is 0 Å². The molecule has 0 aromatic heterocycles. The van der Waals surface area contributed by atoms with E-state index in [1.165, 1.54) is 18.4 Å². The molecule has 1 rings (SSSR count). The van der Waals surface area contributed by atoms with E-state index >= 15 is 0 Å². The molecule has 0 aromatic carbocycles. The molecular weight excluding hydrogens is 132 g/mol. The first-order valence-electron chi connectivity index (χ1n) is 4.60. The molecule has 0 radical (unpaired) electrons. The molecule has 0 heteroatoms. The fraction of sp³-hybridized carbons (Fsp3) is 0.818. The van der Waals surface area contributed by atoms with E-state index in [0.717, 1.165) is 11.8 Å². The number of hydrogen-bond donors (Lipinski definition) is 0. The lowest BCUT2D eigenvalue weighted by molar-refractivity contribution is 0.192. The van der Waals surface area contributed by atoms with Gasteiger partial charge in [0.05, 0.1) is 0 Å². The highest BCUT2D eigenvalue weighted by atomic mass is 14.4. The van der Waals surface area contributed by atoms with E-state index in [1.807, 2.05) is 0 Å². The van der Waals surface area contributed by atoms with Gasteiger partial charge in [0.15, 0.2) is 0 Å². The van der Waals surface area contributed by atoms with Gasteiger partial charge in [-0.2, -0.15) is 0 Å². The van der Waals surface area contributed by atoms with Gasteiger partial charge < -0.3 is 0 Å². The lowest BCUT2D eigenvalue weighted by Crippen LogP contribution is -2.28. The molecular formula is C11H20. The summed E-state index contributed by atoms with van der Waals surface area (Å²) in [4.78, 5) is 0. The normalized spacial score (nSPS) is 37.3. The van der Waals surface area contributed by atoms with Crippen molar-refractivity contribution in [2.75, 3.05) is 0 Å². The highest BCUT2D eigenvalue weighted by Crippen LogP contribution is 2.43. The van der Waals surface area contributed by atoms with Gasteiger partial charge in [-0.1, -0.05) is 39.8 Å². The Hall–Kier alpha value is -0.260. The van der Waals surface area contributed by atoms with Crippen LogP contribution in [0.25, 0.3) is 0 Å². The molecule has 1 aliphatic rings. The van der Waals surface area contributed by atoms with Crippen molar-refractivity contribution in [1.82, 2.24) is 0 Å². The van der Waals surface area contributed by atoms with Crippen molar-refractivity contribution in [3.05, 3.63) is 12.2 Å². The maximum Gasteiger partial charge on any atom is -0.0208 e. The molecule has 0 bridgehead atoms. The number of hydrogen-bond acceptors (Lipinski definition) is 0. The summed E-state index contributed by atoms with van der Waals surface area (Å²) in [5.41, 5.74) is 1.96. The molecule has 2 atom stereocenters. The zero-order chi connectivity index (χ0) is 8.65. The molecule has 0 spiro atoms. The van der Waals surface area contributed by atoms with Crippen molar-refractivity contribution in [2.45, 2.75) is 40.5 Å². The Labute approximate surface area is 70.7 Å². The zero-order valence-corrected chi connectivity index (χ0v) is 8.28. The van der Waals surface area contributed by atoms with E-state index in [0.29, 0.717) is 5.41 Å². The van der Waals surface area contributed by atoms with E-state index in [4.69, 9.17) is 0 Å². The summed E-state index contributed by atoms with van der Waals surface area (Å²) in [5, 5.41) is 0. The lowest BCUT2D eigenvalue weighted by Gasteiger charge is -2.39. The maximum atomic E-state index is 4.14. The van der Waals surface area contributed by atoms with Gasteiger partial charge in [-0.05, 0) is 30.1 Å². The largest absolute Gasteiger partial charge is 0.0996 e. The summed E-state index contributed by atoms with van der Waals surface area (Å²) in [7, 11) is 0. The molecule has 0 heterocycles. The van der Waals surface area contributed by atoms with Gasteiger partial charge in [0.1, 0.15) is 0 Å². The van der Waals surface area contributed by atoms with Crippen LogP contribution < -0.4 is 0 Å². The van der Waals surface area contributed by atoms with Gasteiger partial charge in [0.25, 0.3) is 0 Å². The average Bonchev–Trinajstić information content (AvgIpc) is 1.81. The van der Waals surface area contributed by atoms with E-state index in [2.05, 4.69) is 34.3 Å². The first-order valence-corrected chi connectivity index (χ1v) is 4.60. The minimum atomic E-state index is 0.503. The molecule has 1 fully saturated rings. The zero-order valence-electron chi connectivity index (χ0n) is 8.28. The summed E-state index contributed by atoms with van der Waals surface area (Å²) < 4.78 is 0. The smallest absolute Gasteiger partial charge is 0.0208 e. The molecule has 0 aromatic rings. The first kappa shape index (κ1) is 8.83. The van der Waals surface area contributed by atoms with Crippen molar-refractivity contribution in [3.63, 3.8) is 0 Å². The van der Waals surface area contributed by atoms with Crippen molar-refractivity contribution >= 4 is 0 Å². The molecule has 1 aliphatic carbocycles. The van der Waals surface area contributed by atoms with Crippen LogP contribution in [0, 0.1) is 17.3 Å². The number of allylic oxidation sites excluding steroid dienone is 1. The van der Waals surface area contributed by atoms with Crippen LogP contribution in [0.2, 0.25) is 0 Å². The van der Waals surface area contributed by atoms with Crippen LogP contribution >= 0.6 is 0 Å². The maximum absolute atomic E-state index is 4.14. The standard InChI is InChI=1S/C11H20/c1-8-6-11(4,5)7-9(2)10(8)3/h9-10H,1,6-7H2,2-5H3. The quantitative estimate of drug-likeness (QED) is 0.465. The molecule has 0 N–H and O–H groups in total. The molecule has 0 aliphatic heterocycles. The van der Waals surface area contributed by atoms with Crippen LogP contribution in [-0.2, 0) is 0 Å². The van der Waals surface area contributed by atoms with Crippen molar-refractivity contribution in [1.29, 1.82) is 0 Å². The van der Waals surface area contributed by atoms with E-state index in [9.17, 15) is 0 Å². The van der Waals surface area contributed by atoms with E-state index < -0.39 is 0 Å². The van der Waals surface area contributed by atoms with Crippen LogP contribution in [-0.4, -0.2) is 0 Å². The second-order valence-corrected chi connectivity index (χ2v) is 4.97. The molecule has 11 heavy (non-hydrogen) atoms. The van der Waals surface area contributed by atoms with Gasteiger partial charge in [-0.15, -0.1) is 0 Å². The Kier molecular flexibility index (Phi) is 2.13. The summed E-state index contributed by atoms with van der Waals surface area (Å²) in [6.07, 6.45) is 2.58. The predicted octanol–water partition coefficient (Wildman–Crippen LogP) is 3.63. The molecule has 0 saturated heterocycles. The molecule has 2 unspecified atom stereocenters. The Morgan fingerprint density at radius 2 is 1.91 bits per heavy atom. The van der Waals surface area contributed by atoms with E-state index in [-0.39, 0.29) is 0 Å². The van der Waals surface area contributed by atoms with Crippen LogP contribution in [0.5, 0.6) is 0 Å². The summed E-state index contributed by atoms with van der Waals surface area (Å²) in [5.74, 6) is 1.56. The summed E-state index contributed by atoms with van der Waals surface area (Å²) in [6, 6.07) is 0. The van der Waals surface area contributed by atoms with Crippen LogP contribution in [0.1, 0.15) is 40.5 Å². The van der Waals surface area contributed by atoms with Gasteiger partial charge in [0.2, 0.25) is 0 Å². The van der Waals surface area contributed by atoms with E-state index in [1.54, 1.807) is 0 Å². The van der Waals surface area contributed by atoms with Gasteiger partial charge in [-0.3, -0.25) is 0 Å². The second kappa shape index (κ2) is 2.66. The molecule has 64 valence electrons. The summed E-state index contributed by atoms with van der Waals surface area (Å²) in [6.45, 7) is 13.5. The number of rotatable bonds is 0. The Balaban J connectivity index is 2.70. The highest BCUT2D eigenvalue weighted by Gasteiger charge is 2.32. The van der Waals surface area contributed by atoms with Crippen LogP contribution in [0.15, 0.2) is 12.2 Å². The van der Waals surface area contributed by atoms with Crippen LogP contribution in [0.3, 0.4) is 0 Å². The minimum absolute atomic E-state index is 0.503. The third-order valence-corrected chi connectivity index (χ3v) is 3.08. The lowest BCUT2D eigenvalue weighted by atomic mass is 9.66.